The smallest absolute Gasteiger partial charge is 0.148 e. The average Bonchev–Trinajstić information content (AvgIpc) is 2.53. The Morgan fingerprint density at radius 3 is 2.77 bits per heavy atom. The van der Waals surface area contributed by atoms with Gasteiger partial charge in [-0.1, -0.05) is 13.8 Å². The van der Waals surface area contributed by atoms with Crippen LogP contribution in [-0.4, -0.2) is 9.61 Å². The lowest BCUT2D eigenvalue weighted by atomic mass is 10.1. The van der Waals surface area contributed by atoms with Crippen molar-refractivity contribution < 1.29 is 4.39 Å². The lowest BCUT2D eigenvalue weighted by molar-refractivity contribution is 0.623. The van der Waals surface area contributed by atoms with E-state index in [-0.39, 0.29) is 5.82 Å². The van der Waals surface area contributed by atoms with Crippen LogP contribution in [0.5, 0.6) is 0 Å². The van der Waals surface area contributed by atoms with Gasteiger partial charge in [0.1, 0.15) is 11.3 Å². The van der Waals surface area contributed by atoms with Crippen molar-refractivity contribution in [1.82, 2.24) is 9.61 Å². The summed E-state index contributed by atoms with van der Waals surface area (Å²) in [6.45, 7) is 4.13. The molecule has 0 spiro atoms. The van der Waals surface area contributed by atoms with E-state index in [1.807, 2.05) is 0 Å². The summed E-state index contributed by atoms with van der Waals surface area (Å²) in [5, 5.41) is 4.08. The molecule has 2 heterocycles. The van der Waals surface area contributed by atoms with Crippen LogP contribution in [0.3, 0.4) is 0 Å². The van der Waals surface area contributed by atoms with Crippen LogP contribution in [0, 0.1) is 5.82 Å². The molecule has 0 amide bonds. The fourth-order valence-corrected chi connectivity index (χ4v) is 1.44. The standard InChI is InChI=1S/C10H11FN2/c1-7(2)9-4-3-8(11)10-5-6-12-13(9)10/h3-7H,1-2H3. The molecule has 0 saturated carbocycles. The van der Waals surface area contributed by atoms with Crippen molar-refractivity contribution in [2.24, 2.45) is 0 Å². The second-order valence-corrected chi connectivity index (χ2v) is 3.39. The van der Waals surface area contributed by atoms with Crippen LogP contribution in [0.15, 0.2) is 24.4 Å². The first-order valence-electron chi connectivity index (χ1n) is 4.32. The minimum absolute atomic E-state index is 0.220. The van der Waals surface area contributed by atoms with Gasteiger partial charge in [-0.15, -0.1) is 0 Å². The third kappa shape index (κ3) is 1.20. The number of fused-ring (bicyclic) bond motifs is 1. The van der Waals surface area contributed by atoms with Crippen molar-refractivity contribution in [3.8, 4) is 0 Å². The summed E-state index contributed by atoms with van der Waals surface area (Å²) in [7, 11) is 0. The van der Waals surface area contributed by atoms with Crippen molar-refractivity contribution in [2.45, 2.75) is 19.8 Å². The summed E-state index contributed by atoms with van der Waals surface area (Å²) in [4.78, 5) is 0. The Morgan fingerprint density at radius 1 is 1.31 bits per heavy atom. The number of rotatable bonds is 1. The normalized spacial score (nSPS) is 11.4. The molecule has 0 aliphatic carbocycles. The lowest BCUT2D eigenvalue weighted by Crippen LogP contribution is -2.01. The molecule has 2 rings (SSSR count). The fraction of sp³-hybridized carbons (Fsp3) is 0.300. The van der Waals surface area contributed by atoms with Crippen LogP contribution < -0.4 is 0 Å². The molecule has 0 unspecified atom stereocenters. The average molecular weight is 178 g/mol. The highest BCUT2D eigenvalue weighted by Crippen LogP contribution is 2.17. The van der Waals surface area contributed by atoms with E-state index in [1.54, 1.807) is 22.8 Å². The highest BCUT2D eigenvalue weighted by atomic mass is 19.1. The second-order valence-electron chi connectivity index (χ2n) is 3.39. The highest BCUT2D eigenvalue weighted by Gasteiger charge is 2.08. The Kier molecular flexibility index (Phi) is 1.79. The number of hydrogen-bond acceptors (Lipinski definition) is 1. The van der Waals surface area contributed by atoms with Gasteiger partial charge in [0.05, 0.1) is 6.20 Å². The van der Waals surface area contributed by atoms with Gasteiger partial charge in [-0.25, -0.2) is 8.91 Å². The Hall–Kier alpha value is -1.38. The molecule has 0 bridgehead atoms. The number of halogens is 1. The molecule has 2 aromatic rings. The molecule has 13 heavy (non-hydrogen) atoms. The summed E-state index contributed by atoms with van der Waals surface area (Å²) in [6, 6.07) is 4.95. The molecule has 2 nitrogen and oxygen atoms in total. The Labute approximate surface area is 76.0 Å². The summed E-state index contributed by atoms with van der Waals surface area (Å²) in [5.41, 5.74) is 1.58. The van der Waals surface area contributed by atoms with Gasteiger partial charge >= 0.3 is 0 Å². The molecule has 0 fully saturated rings. The zero-order valence-corrected chi connectivity index (χ0v) is 7.66. The number of hydrogen-bond donors (Lipinski definition) is 0. The van der Waals surface area contributed by atoms with E-state index in [2.05, 4.69) is 18.9 Å². The Bertz CT molecular complexity index is 431. The summed E-state index contributed by atoms with van der Waals surface area (Å²) < 4.78 is 14.9. The molecular formula is C10H11FN2. The quantitative estimate of drug-likeness (QED) is 0.656. The van der Waals surface area contributed by atoms with Crippen molar-refractivity contribution >= 4 is 5.52 Å². The predicted octanol–water partition coefficient (Wildman–Crippen LogP) is 2.60. The minimum Gasteiger partial charge on any atom is -0.235 e. The predicted molar refractivity (Wildman–Crippen MR) is 49.2 cm³/mol. The number of pyridine rings is 1. The molecule has 0 aliphatic rings. The van der Waals surface area contributed by atoms with Crippen molar-refractivity contribution in [3.63, 3.8) is 0 Å². The van der Waals surface area contributed by atoms with Gasteiger partial charge in [-0.2, -0.15) is 5.10 Å². The van der Waals surface area contributed by atoms with E-state index < -0.39 is 0 Å². The third-order valence-corrected chi connectivity index (χ3v) is 2.12. The van der Waals surface area contributed by atoms with Gasteiger partial charge in [0.15, 0.2) is 0 Å². The number of aromatic nitrogens is 2. The molecule has 68 valence electrons. The van der Waals surface area contributed by atoms with Crippen LogP contribution in [-0.2, 0) is 0 Å². The van der Waals surface area contributed by atoms with Gasteiger partial charge in [-0.05, 0) is 24.1 Å². The van der Waals surface area contributed by atoms with Gasteiger partial charge < -0.3 is 0 Å². The molecule has 0 atom stereocenters. The largest absolute Gasteiger partial charge is 0.235 e. The molecule has 0 N–H and O–H groups in total. The first kappa shape index (κ1) is 8.23. The maximum Gasteiger partial charge on any atom is 0.148 e. The van der Waals surface area contributed by atoms with Crippen LogP contribution in [0.4, 0.5) is 4.39 Å². The summed E-state index contributed by atoms with van der Waals surface area (Å²) in [6.07, 6.45) is 1.62. The number of nitrogens with zero attached hydrogens (tertiary/aromatic N) is 2. The topological polar surface area (TPSA) is 17.3 Å². The first-order valence-corrected chi connectivity index (χ1v) is 4.32. The highest BCUT2D eigenvalue weighted by molar-refractivity contribution is 5.48. The van der Waals surface area contributed by atoms with Gasteiger partial charge in [0.2, 0.25) is 0 Å². The molecular weight excluding hydrogens is 167 g/mol. The van der Waals surface area contributed by atoms with E-state index >= 15 is 0 Å². The molecule has 0 aliphatic heterocycles. The molecule has 0 radical (unpaired) electrons. The van der Waals surface area contributed by atoms with E-state index in [9.17, 15) is 4.39 Å². The zero-order valence-electron chi connectivity index (χ0n) is 7.66. The fourth-order valence-electron chi connectivity index (χ4n) is 1.44. The van der Waals surface area contributed by atoms with Gasteiger partial charge in [-0.3, -0.25) is 0 Å². The van der Waals surface area contributed by atoms with Crippen LogP contribution in [0.1, 0.15) is 25.5 Å². The molecule has 0 aromatic carbocycles. The maximum absolute atomic E-state index is 13.2. The van der Waals surface area contributed by atoms with Crippen molar-refractivity contribution in [3.05, 3.63) is 35.9 Å². The molecule has 2 aromatic heterocycles. The van der Waals surface area contributed by atoms with Crippen LogP contribution in [0.25, 0.3) is 5.52 Å². The van der Waals surface area contributed by atoms with E-state index in [4.69, 9.17) is 0 Å². The van der Waals surface area contributed by atoms with Crippen molar-refractivity contribution in [1.29, 1.82) is 0 Å². The van der Waals surface area contributed by atoms with Crippen LogP contribution >= 0.6 is 0 Å². The lowest BCUT2D eigenvalue weighted by Gasteiger charge is -2.07. The Balaban J connectivity index is 2.78. The second kappa shape index (κ2) is 2.83. The molecule has 0 saturated heterocycles. The maximum atomic E-state index is 13.2. The third-order valence-electron chi connectivity index (χ3n) is 2.12. The van der Waals surface area contributed by atoms with E-state index in [0.29, 0.717) is 11.4 Å². The summed E-state index contributed by atoms with van der Waals surface area (Å²) >= 11 is 0. The van der Waals surface area contributed by atoms with Crippen LogP contribution in [0.2, 0.25) is 0 Å². The molecule has 3 heteroatoms. The monoisotopic (exact) mass is 178 g/mol. The SMILES string of the molecule is CC(C)c1ccc(F)c2ccnn12. The van der Waals surface area contributed by atoms with Crippen molar-refractivity contribution in [2.75, 3.05) is 0 Å². The Morgan fingerprint density at radius 2 is 2.08 bits per heavy atom. The van der Waals surface area contributed by atoms with Gasteiger partial charge in [0, 0.05) is 5.69 Å². The van der Waals surface area contributed by atoms with E-state index in [0.717, 1.165) is 5.69 Å². The zero-order chi connectivity index (χ0) is 9.42. The summed E-state index contributed by atoms with van der Waals surface area (Å²) in [5.74, 6) is 0.130. The minimum atomic E-state index is -0.220. The van der Waals surface area contributed by atoms with E-state index in [1.165, 1.54) is 6.07 Å². The van der Waals surface area contributed by atoms with Gasteiger partial charge in [0.25, 0.3) is 0 Å². The first-order chi connectivity index (χ1) is 6.20.